The van der Waals surface area contributed by atoms with Gasteiger partial charge in [0.2, 0.25) is 0 Å². The van der Waals surface area contributed by atoms with Gasteiger partial charge in [0.15, 0.2) is 5.96 Å². The van der Waals surface area contributed by atoms with Crippen LogP contribution in [0.4, 0.5) is 0 Å². The number of rotatable bonds is 7. The zero-order valence-electron chi connectivity index (χ0n) is 20.5. The lowest BCUT2D eigenvalue weighted by molar-refractivity contribution is 0.171. The van der Waals surface area contributed by atoms with E-state index in [9.17, 15) is 0 Å². The van der Waals surface area contributed by atoms with Gasteiger partial charge in [-0.1, -0.05) is 0 Å². The maximum absolute atomic E-state index is 5.53. The van der Waals surface area contributed by atoms with Crippen molar-refractivity contribution in [2.45, 2.75) is 26.9 Å². The number of benzene rings is 1. The van der Waals surface area contributed by atoms with E-state index in [4.69, 9.17) is 14.2 Å². The second kappa shape index (κ2) is 12.8. The minimum Gasteiger partial charge on any atom is -0.497 e. The summed E-state index contributed by atoms with van der Waals surface area (Å²) < 4.78 is 16.4. The van der Waals surface area contributed by atoms with Crippen LogP contribution in [0.2, 0.25) is 0 Å². The standard InChI is InChI=1S/C24H35N5O3.HI/c1-17-14-26-21(18(2)23(17)32-6)15-27-24(25-3)29-11-9-28(10-12-29)16-19-13-20(30-4)7-8-22(19)31-5;/h7-8,13-14H,9-12,15-16H2,1-6H3,(H,25,27);1H. The SMILES string of the molecule is CN=C(NCc1ncc(C)c(OC)c1C)N1CCN(Cc2cc(OC)ccc2OC)CC1.I. The molecule has 9 heteroatoms. The predicted octanol–water partition coefficient (Wildman–Crippen LogP) is 3.24. The highest BCUT2D eigenvalue weighted by molar-refractivity contribution is 14.0. The van der Waals surface area contributed by atoms with Gasteiger partial charge in [0, 0.05) is 62.7 Å². The number of pyridine rings is 1. The number of ether oxygens (including phenoxy) is 3. The fraction of sp³-hybridized carbons (Fsp3) is 0.500. The highest BCUT2D eigenvalue weighted by Gasteiger charge is 2.21. The minimum absolute atomic E-state index is 0. The number of hydrogen-bond acceptors (Lipinski definition) is 6. The van der Waals surface area contributed by atoms with E-state index < -0.39 is 0 Å². The monoisotopic (exact) mass is 569 g/mol. The summed E-state index contributed by atoms with van der Waals surface area (Å²) in [5.41, 5.74) is 4.21. The normalized spacial score (nSPS) is 14.5. The van der Waals surface area contributed by atoms with Crippen LogP contribution < -0.4 is 19.5 Å². The topological polar surface area (TPSA) is 71.5 Å². The predicted molar refractivity (Wildman–Crippen MR) is 142 cm³/mol. The summed E-state index contributed by atoms with van der Waals surface area (Å²) in [6.07, 6.45) is 1.86. The molecule has 33 heavy (non-hydrogen) atoms. The molecule has 8 nitrogen and oxygen atoms in total. The van der Waals surface area contributed by atoms with Crippen LogP contribution in [0.15, 0.2) is 29.4 Å². The molecule has 2 aromatic rings. The van der Waals surface area contributed by atoms with E-state index in [-0.39, 0.29) is 24.0 Å². The van der Waals surface area contributed by atoms with E-state index in [0.717, 1.165) is 78.3 Å². The van der Waals surface area contributed by atoms with Crippen molar-refractivity contribution in [1.82, 2.24) is 20.1 Å². The largest absolute Gasteiger partial charge is 0.497 e. The summed E-state index contributed by atoms with van der Waals surface area (Å²) in [4.78, 5) is 13.8. The first-order valence-corrected chi connectivity index (χ1v) is 10.9. The van der Waals surface area contributed by atoms with E-state index in [1.54, 1.807) is 21.3 Å². The van der Waals surface area contributed by atoms with E-state index in [0.29, 0.717) is 6.54 Å². The molecule has 1 aliphatic rings. The summed E-state index contributed by atoms with van der Waals surface area (Å²) in [6.45, 7) is 9.17. The number of halogens is 1. The number of guanidine groups is 1. The van der Waals surface area contributed by atoms with Gasteiger partial charge in [0.1, 0.15) is 17.2 Å². The number of aromatic nitrogens is 1. The van der Waals surface area contributed by atoms with Gasteiger partial charge in [-0.2, -0.15) is 0 Å². The number of hydrogen-bond donors (Lipinski definition) is 1. The van der Waals surface area contributed by atoms with E-state index in [2.05, 4.69) is 31.2 Å². The van der Waals surface area contributed by atoms with Crippen molar-refractivity contribution in [3.63, 3.8) is 0 Å². The van der Waals surface area contributed by atoms with Crippen LogP contribution in [-0.2, 0) is 13.1 Å². The third-order valence-corrected chi connectivity index (χ3v) is 5.93. The number of methoxy groups -OCH3 is 3. The molecule has 1 N–H and O–H groups in total. The van der Waals surface area contributed by atoms with Crippen molar-refractivity contribution < 1.29 is 14.2 Å². The molecule has 0 amide bonds. The highest BCUT2D eigenvalue weighted by Crippen LogP contribution is 2.26. The zero-order chi connectivity index (χ0) is 23.1. The van der Waals surface area contributed by atoms with Crippen LogP contribution in [-0.4, -0.2) is 75.3 Å². The summed E-state index contributed by atoms with van der Waals surface area (Å²) in [6, 6.07) is 5.94. The molecule has 1 aromatic carbocycles. The molecular weight excluding hydrogens is 533 g/mol. The molecule has 1 saturated heterocycles. The lowest BCUT2D eigenvalue weighted by Crippen LogP contribution is -2.52. The molecule has 1 aromatic heterocycles. The zero-order valence-corrected chi connectivity index (χ0v) is 22.8. The molecule has 0 saturated carbocycles. The van der Waals surface area contributed by atoms with Gasteiger partial charge in [-0.05, 0) is 32.0 Å². The number of aliphatic imine (C=N–C) groups is 1. The lowest BCUT2D eigenvalue weighted by atomic mass is 10.1. The first kappa shape index (κ1) is 27.0. The third-order valence-electron chi connectivity index (χ3n) is 5.93. The number of nitrogens with one attached hydrogen (secondary N) is 1. The van der Waals surface area contributed by atoms with Gasteiger partial charge < -0.3 is 24.4 Å². The maximum Gasteiger partial charge on any atom is 0.194 e. The van der Waals surface area contributed by atoms with Crippen molar-refractivity contribution in [2.24, 2.45) is 4.99 Å². The Bertz CT molecular complexity index is 946. The Hall–Kier alpha value is -2.27. The van der Waals surface area contributed by atoms with Crippen LogP contribution in [0, 0.1) is 13.8 Å². The molecule has 0 atom stereocenters. The van der Waals surface area contributed by atoms with Crippen LogP contribution in [0.25, 0.3) is 0 Å². The molecule has 1 fully saturated rings. The van der Waals surface area contributed by atoms with Gasteiger partial charge in [0.05, 0.1) is 33.6 Å². The Labute approximate surface area is 214 Å². The van der Waals surface area contributed by atoms with Gasteiger partial charge in [-0.15, -0.1) is 24.0 Å². The Morgan fingerprint density at radius 1 is 1.06 bits per heavy atom. The molecule has 0 radical (unpaired) electrons. The minimum atomic E-state index is 0. The summed E-state index contributed by atoms with van der Waals surface area (Å²) >= 11 is 0. The number of piperazine rings is 1. The quantitative estimate of drug-likeness (QED) is 0.312. The van der Waals surface area contributed by atoms with Crippen molar-refractivity contribution in [1.29, 1.82) is 0 Å². The van der Waals surface area contributed by atoms with Crippen molar-refractivity contribution in [2.75, 3.05) is 54.6 Å². The Kier molecular flexibility index (Phi) is 10.5. The Balaban J connectivity index is 0.00000385. The fourth-order valence-corrected chi connectivity index (χ4v) is 4.11. The van der Waals surface area contributed by atoms with Crippen LogP contribution >= 0.6 is 24.0 Å². The van der Waals surface area contributed by atoms with Crippen molar-refractivity contribution >= 4 is 29.9 Å². The second-order valence-corrected chi connectivity index (χ2v) is 7.89. The molecular formula is C24H36IN5O3. The fourth-order valence-electron chi connectivity index (χ4n) is 4.11. The van der Waals surface area contributed by atoms with Gasteiger partial charge in [0.25, 0.3) is 0 Å². The maximum atomic E-state index is 5.53. The average Bonchev–Trinajstić information content (AvgIpc) is 2.82. The van der Waals surface area contributed by atoms with E-state index in [1.165, 1.54) is 0 Å². The number of aryl methyl sites for hydroxylation is 1. The summed E-state index contributed by atoms with van der Waals surface area (Å²) in [7, 11) is 6.92. The highest BCUT2D eigenvalue weighted by atomic mass is 127. The number of nitrogens with zero attached hydrogens (tertiary/aromatic N) is 4. The summed E-state index contributed by atoms with van der Waals surface area (Å²) in [5.74, 6) is 3.53. The first-order valence-electron chi connectivity index (χ1n) is 10.9. The molecule has 1 aliphatic heterocycles. The molecule has 0 bridgehead atoms. The molecule has 3 rings (SSSR count). The molecule has 0 unspecified atom stereocenters. The average molecular weight is 569 g/mol. The van der Waals surface area contributed by atoms with Gasteiger partial charge >= 0.3 is 0 Å². The van der Waals surface area contributed by atoms with E-state index in [1.807, 2.05) is 39.2 Å². The van der Waals surface area contributed by atoms with E-state index >= 15 is 0 Å². The van der Waals surface area contributed by atoms with Crippen molar-refractivity contribution in [3.8, 4) is 17.2 Å². The Morgan fingerprint density at radius 3 is 2.39 bits per heavy atom. The lowest BCUT2D eigenvalue weighted by Gasteiger charge is -2.36. The van der Waals surface area contributed by atoms with Gasteiger partial charge in [-0.3, -0.25) is 14.9 Å². The first-order chi connectivity index (χ1) is 15.5. The molecule has 0 spiro atoms. The summed E-state index contributed by atoms with van der Waals surface area (Å²) in [5, 5.41) is 3.47. The molecule has 182 valence electrons. The third kappa shape index (κ3) is 6.63. The van der Waals surface area contributed by atoms with Gasteiger partial charge in [-0.25, -0.2) is 0 Å². The van der Waals surface area contributed by atoms with Crippen molar-refractivity contribution in [3.05, 3.63) is 46.8 Å². The second-order valence-electron chi connectivity index (χ2n) is 7.89. The van der Waals surface area contributed by atoms with Crippen LogP contribution in [0.1, 0.15) is 22.4 Å². The smallest absolute Gasteiger partial charge is 0.194 e. The van der Waals surface area contributed by atoms with Crippen LogP contribution in [0.3, 0.4) is 0 Å². The molecule has 2 heterocycles. The Morgan fingerprint density at radius 2 is 1.79 bits per heavy atom. The van der Waals surface area contributed by atoms with Crippen LogP contribution in [0.5, 0.6) is 17.2 Å². The molecule has 0 aliphatic carbocycles.